The van der Waals surface area contributed by atoms with Crippen LogP contribution in [0, 0.1) is 11.8 Å². The van der Waals surface area contributed by atoms with Crippen LogP contribution >= 0.6 is 0 Å². The van der Waals surface area contributed by atoms with Crippen LogP contribution < -0.4 is 0 Å². The van der Waals surface area contributed by atoms with Crippen molar-refractivity contribution in [1.82, 2.24) is 0 Å². The van der Waals surface area contributed by atoms with Gasteiger partial charge in [0.15, 0.2) is 0 Å². The van der Waals surface area contributed by atoms with Crippen LogP contribution in [0.4, 0.5) is 0 Å². The molecule has 5 nitrogen and oxygen atoms in total. The number of Topliss-reactive ketones (excluding diaryl/α,β-unsaturated/α-hetero) is 2. The number of hydrogen-bond donors (Lipinski definition) is 0. The van der Waals surface area contributed by atoms with Crippen LogP contribution in [0.2, 0.25) is 0 Å². The Morgan fingerprint density at radius 3 is 2.45 bits per heavy atom. The molecule has 0 saturated heterocycles. The molecule has 1 rings (SSSR count). The summed E-state index contributed by atoms with van der Waals surface area (Å²) in [6, 6.07) is 0. The maximum Gasteiger partial charge on any atom is 0.306 e. The van der Waals surface area contributed by atoms with E-state index in [2.05, 4.69) is 19.1 Å². The van der Waals surface area contributed by atoms with Crippen molar-refractivity contribution in [2.24, 2.45) is 11.8 Å². The molecule has 3 atom stereocenters. The fourth-order valence-corrected chi connectivity index (χ4v) is 4.37. The van der Waals surface area contributed by atoms with Gasteiger partial charge in [-0.15, -0.1) is 0 Å². The van der Waals surface area contributed by atoms with Gasteiger partial charge in [0.25, 0.3) is 0 Å². The molecule has 0 aliphatic heterocycles. The van der Waals surface area contributed by atoms with E-state index < -0.39 is 0 Å². The molecule has 0 spiro atoms. The summed E-state index contributed by atoms with van der Waals surface area (Å²) in [5.41, 5.74) is 0. The highest BCUT2D eigenvalue weighted by Crippen LogP contribution is 2.37. The number of hydrogen-bond acceptors (Lipinski definition) is 5. The van der Waals surface area contributed by atoms with Crippen molar-refractivity contribution >= 4 is 17.5 Å². The SMILES string of the molecule is CCCCCCCC(=O)CCC1C(=O)CC(OC)C1CC=CCCCC(=O)OC(C)C. The monoisotopic (exact) mass is 436 g/mol. The van der Waals surface area contributed by atoms with Crippen LogP contribution in [0.5, 0.6) is 0 Å². The molecule has 0 heterocycles. The van der Waals surface area contributed by atoms with Gasteiger partial charge in [-0.25, -0.2) is 0 Å². The molecule has 0 radical (unpaired) electrons. The van der Waals surface area contributed by atoms with Gasteiger partial charge in [-0.3, -0.25) is 14.4 Å². The average Bonchev–Trinajstić information content (AvgIpc) is 3.02. The second kappa shape index (κ2) is 16.2. The van der Waals surface area contributed by atoms with Gasteiger partial charge in [0, 0.05) is 38.7 Å². The second-order valence-corrected chi connectivity index (χ2v) is 9.09. The Morgan fingerprint density at radius 1 is 1.03 bits per heavy atom. The Balaban J connectivity index is 2.39. The maximum atomic E-state index is 12.5. The van der Waals surface area contributed by atoms with E-state index in [1.54, 1.807) is 7.11 Å². The highest BCUT2D eigenvalue weighted by molar-refractivity contribution is 5.85. The van der Waals surface area contributed by atoms with Gasteiger partial charge < -0.3 is 9.47 Å². The molecule has 1 aliphatic rings. The summed E-state index contributed by atoms with van der Waals surface area (Å²) >= 11 is 0. The quantitative estimate of drug-likeness (QED) is 0.159. The molecule has 1 fully saturated rings. The summed E-state index contributed by atoms with van der Waals surface area (Å²) < 4.78 is 10.7. The lowest BCUT2D eigenvalue weighted by atomic mass is 9.86. The summed E-state index contributed by atoms with van der Waals surface area (Å²) in [7, 11) is 1.67. The Morgan fingerprint density at radius 2 is 1.77 bits per heavy atom. The Hall–Kier alpha value is -1.49. The molecular formula is C26H44O5. The Bertz CT molecular complexity index is 566. The number of ether oxygens (including phenoxy) is 2. The number of esters is 1. The fourth-order valence-electron chi connectivity index (χ4n) is 4.37. The van der Waals surface area contributed by atoms with Crippen LogP contribution in [-0.4, -0.2) is 36.9 Å². The average molecular weight is 437 g/mol. The first-order valence-electron chi connectivity index (χ1n) is 12.3. The predicted molar refractivity (Wildman–Crippen MR) is 124 cm³/mol. The van der Waals surface area contributed by atoms with Crippen molar-refractivity contribution in [3.8, 4) is 0 Å². The zero-order valence-electron chi connectivity index (χ0n) is 20.2. The largest absolute Gasteiger partial charge is 0.463 e. The molecule has 3 unspecified atom stereocenters. The van der Waals surface area contributed by atoms with E-state index in [9.17, 15) is 14.4 Å². The smallest absolute Gasteiger partial charge is 0.306 e. The first-order valence-corrected chi connectivity index (χ1v) is 12.3. The van der Waals surface area contributed by atoms with Crippen LogP contribution in [0.25, 0.3) is 0 Å². The van der Waals surface area contributed by atoms with E-state index >= 15 is 0 Å². The minimum atomic E-state index is -0.153. The van der Waals surface area contributed by atoms with E-state index in [1.165, 1.54) is 19.3 Å². The van der Waals surface area contributed by atoms with Gasteiger partial charge in [-0.05, 0) is 51.9 Å². The number of carbonyl (C=O) groups is 3. The lowest BCUT2D eigenvalue weighted by molar-refractivity contribution is -0.147. The zero-order chi connectivity index (χ0) is 23.1. The summed E-state index contributed by atoms with van der Waals surface area (Å²) in [6.45, 7) is 5.89. The number of rotatable bonds is 17. The minimum Gasteiger partial charge on any atom is -0.463 e. The number of methoxy groups -OCH3 is 1. The Kier molecular flexibility index (Phi) is 14.4. The van der Waals surface area contributed by atoms with E-state index in [1.807, 2.05) is 13.8 Å². The van der Waals surface area contributed by atoms with Crippen molar-refractivity contribution in [2.75, 3.05) is 7.11 Å². The number of unbranched alkanes of at least 4 members (excludes halogenated alkanes) is 5. The highest BCUT2D eigenvalue weighted by Gasteiger charge is 2.41. The van der Waals surface area contributed by atoms with Crippen molar-refractivity contribution in [3.63, 3.8) is 0 Å². The molecule has 0 amide bonds. The third-order valence-electron chi connectivity index (χ3n) is 6.10. The highest BCUT2D eigenvalue weighted by atomic mass is 16.5. The van der Waals surface area contributed by atoms with Crippen molar-refractivity contribution in [3.05, 3.63) is 12.2 Å². The molecule has 31 heavy (non-hydrogen) atoms. The summed E-state index contributed by atoms with van der Waals surface area (Å²) in [5.74, 6) is 0.418. The molecule has 178 valence electrons. The summed E-state index contributed by atoms with van der Waals surface area (Å²) in [5, 5.41) is 0. The van der Waals surface area contributed by atoms with Crippen LogP contribution in [-0.2, 0) is 23.9 Å². The molecule has 0 aromatic heterocycles. The Labute approximate surface area is 189 Å². The predicted octanol–water partition coefficient (Wildman–Crippen LogP) is 5.98. The molecule has 1 saturated carbocycles. The van der Waals surface area contributed by atoms with E-state index in [0.29, 0.717) is 32.1 Å². The van der Waals surface area contributed by atoms with E-state index in [0.717, 1.165) is 32.1 Å². The normalized spacial score (nSPS) is 21.3. The molecule has 1 aliphatic carbocycles. The topological polar surface area (TPSA) is 69.7 Å². The number of allylic oxidation sites excluding steroid dienone is 2. The lowest BCUT2D eigenvalue weighted by Crippen LogP contribution is -2.22. The van der Waals surface area contributed by atoms with Crippen LogP contribution in [0.1, 0.15) is 104 Å². The zero-order valence-corrected chi connectivity index (χ0v) is 20.2. The summed E-state index contributed by atoms with van der Waals surface area (Å²) in [4.78, 5) is 36.4. The maximum absolute atomic E-state index is 12.5. The van der Waals surface area contributed by atoms with E-state index in [-0.39, 0.29) is 41.6 Å². The van der Waals surface area contributed by atoms with Gasteiger partial charge in [-0.2, -0.15) is 0 Å². The first kappa shape index (κ1) is 27.5. The molecular weight excluding hydrogens is 392 g/mol. The van der Waals surface area contributed by atoms with Crippen molar-refractivity contribution in [2.45, 2.75) is 116 Å². The minimum absolute atomic E-state index is 0.0627. The number of ketones is 2. The third-order valence-corrected chi connectivity index (χ3v) is 6.10. The van der Waals surface area contributed by atoms with E-state index in [4.69, 9.17) is 9.47 Å². The van der Waals surface area contributed by atoms with Gasteiger partial charge in [0.05, 0.1) is 12.2 Å². The lowest BCUT2D eigenvalue weighted by Gasteiger charge is -2.21. The molecule has 5 heteroatoms. The standard InChI is InChI=1S/C26H44O5/c1-5-6-7-8-11-14-21(27)17-18-22-23(25(30-4)19-24(22)28)15-12-9-10-13-16-26(29)31-20(2)3/h9,12,20,22-23,25H,5-8,10-11,13-19H2,1-4H3. The third kappa shape index (κ3) is 11.6. The molecule has 0 aromatic rings. The van der Waals surface area contributed by atoms with Gasteiger partial charge >= 0.3 is 5.97 Å². The number of carbonyl (C=O) groups excluding carboxylic acids is 3. The van der Waals surface area contributed by atoms with Crippen LogP contribution in [0.15, 0.2) is 12.2 Å². The van der Waals surface area contributed by atoms with Crippen molar-refractivity contribution < 1.29 is 23.9 Å². The molecule has 0 aromatic carbocycles. The van der Waals surface area contributed by atoms with Gasteiger partial charge in [0.2, 0.25) is 0 Å². The summed E-state index contributed by atoms with van der Waals surface area (Å²) in [6.07, 6.45) is 14.8. The molecule has 0 bridgehead atoms. The van der Waals surface area contributed by atoms with Crippen molar-refractivity contribution in [1.29, 1.82) is 0 Å². The van der Waals surface area contributed by atoms with Gasteiger partial charge in [-0.1, -0.05) is 44.8 Å². The first-order chi connectivity index (χ1) is 14.9. The van der Waals surface area contributed by atoms with Crippen LogP contribution in [0.3, 0.4) is 0 Å². The second-order valence-electron chi connectivity index (χ2n) is 9.09. The van der Waals surface area contributed by atoms with Gasteiger partial charge in [0.1, 0.15) is 11.6 Å². The molecule has 0 N–H and O–H groups in total. The fraction of sp³-hybridized carbons (Fsp3) is 0.808.